The fourth-order valence-electron chi connectivity index (χ4n) is 3.22. The summed E-state index contributed by atoms with van der Waals surface area (Å²) in [4.78, 5) is 12.7. The number of anilines is 1. The quantitative estimate of drug-likeness (QED) is 0.416. The number of hydrogen-bond acceptors (Lipinski definition) is 5. The van der Waals surface area contributed by atoms with Crippen LogP contribution in [0.4, 0.5) is 5.69 Å². The van der Waals surface area contributed by atoms with Gasteiger partial charge in [-0.2, -0.15) is 0 Å². The Labute approximate surface area is 205 Å². The SMILES string of the molecule is COc1ccc(S(=O)(=O)N(CC(=O)NCCOc2cccc(C)c2C)c2ccc(Cl)cc2)cc1. The van der Waals surface area contributed by atoms with Gasteiger partial charge in [0, 0.05) is 5.02 Å². The molecule has 0 aliphatic rings. The Bertz CT molecular complexity index is 1230. The molecule has 0 unspecified atom stereocenters. The molecule has 3 aromatic rings. The van der Waals surface area contributed by atoms with E-state index in [1.54, 1.807) is 36.4 Å². The van der Waals surface area contributed by atoms with Crippen LogP contribution in [0.3, 0.4) is 0 Å². The maximum atomic E-state index is 13.4. The molecule has 180 valence electrons. The number of rotatable bonds is 10. The molecule has 0 radical (unpaired) electrons. The number of nitrogens with zero attached hydrogens (tertiary/aromatic N) is 1. The van der Waals surface area contributed by atoms with Gasteiger partial charge in [-0.05, 0) is 79.6 Å². The minimum absolute atomic E-state index is 0.0364. The van der Waals surface area contributed by atoms with Gasteiger partial charge in [0.1, 0.15) is 24.7 Å². The predicted molar refractivity (Wildman–Crippen MR) is 133 cm³/mol. The molecular formula is C25H27ClN2O5S. The van der Waals surface area contributed by atoms with E-state index in [0.29, 0.717) is 16.5 Å². The van der Waals surface area contributed by atoms with Crippen LogP contribution >= 0.6 is 11.6 Å². The van der Waals surface area contributed by atoms with E-state index >= 15 is 0 Å². The fourth-order valence-corrected chi connectivity index (χ4v) is 4.76. The summed E-state index contributed by atoms with van der Waals surface area (Å²) in [5.41, 5.74) is 2.47. The minimum Gasteiger partial charge on any atom is -0.497 e. The van der Waals surface area contributed by atoms with Crippen molar-refractivity contribution in [2.75, 3.05) is 31.1 Å². The van der Waals surface area contributed by atoms with E-state index in [1.165, 1.54) is 19.2 Å². The number of hydrogen-bond donors (Lipinski definition) is 1. The van der Waals surface area contributed by atoms with Gasteiger partial charge >= 0.3 is 0 Å². The van der Waals surface area contributed by atoms with Crippen LogP contribution in [0.25, 0.3) is 0 Å². The highest BCUT2D eigenvalue weighted by Crippen LogP contribution is 2.26. The summed E-state index contributed by atoms with van der Waals surface area (Å²) < 4.78 is 38.7. The van der Waals surface area contributed by atoms with E-state index in [1.807, 2.05) is 32.0 Å². The Hall–Kier alpha value is -3.23. The first-order valence-electron chi connectivity index (χ1n) is 10.6. The number of nitrogens with one attached hydrogen (secondary N) is 1. The van der Waals surface area contributed by atoms with Crippen LogP contribution in [0.15, 0.2) is 71.6 Å². The first-order valence-corrected chi connectivity index (χ1v) is 12.4. The number of halogens is 1. The number of methoxy groups -OCH3 is 1. The Morgan fingerprint density at radius 3 is 2.32 bits per heavy atom. The largest absolute Gasteiger partial charge is 0.497 e. The van der Waals surface area contributed by atoms with Crippen molar-refractivity contribution < 1.29 is 22.7 Å². The highest BCUT2D eigenvalue weighted by Gasteiger charge is 2.27. The summed E-state index contributed by atoms with van der Waals surface area (Å²) in [6.07, 6.45) is 0. The molecule has 0 aliphatic carbocycles. The van der Waals surface area contributed by atoms with Gasteiger partial charge in [0.05, 0.1) is 24.2 Å². The molecule has 0 saturated heterocycles. The van der Waals surface area contributed by atoms with Crippen molar-refractivity contribution in [3.8, 4) is 11.5 Å². The van der Waals surface area contributed by atoms with Gasteiger partial charge in [-0.1, -0.05) is 23.7 Å². The molecule has 3 aromatic carbocycles. The molecule has 0 aromatic heterocycles. The van der Waals surface area contributed by atoms with E-state index in [9.17, 15) is 13.2 Å². The monoisotopic (exact) mass is 502 g/mol. The maximum Gasteiger partial charge on any atom is 0.264 e. The summed E-state index contributed by atoms with van der Waals surface area (Å²) in [6.45, 7) is 4.04. The van der Waals surface area contributed by atoms with E-state index in [2.05, 4.69) is 5.32 Å². The summed E-state index contributed by atoms with van der Waals surface area (Å²) in [6, 6.07) is 18.0. The molecule has 0 spiro atoms. The third-order valence-electron chi connectivity index (χ3n) is 5.29. The van der Waals surface area contributed by atoms with E-state index in [0.717, 1.165) is 21.2 Å². The molecule has 1 N–H and O–H groups in total. The van der Waals surface area contributed by atoms with Gasteiger partial charge in [0.25, 0.3) is 10.0 Å². The van der Waals surface area contributed by atoms with Crippen LogP contribution in [0, 0.1) is 13.8 Å². The molecule has 0 fully saturated rings. The van der Waals surface area contributed by atoms with Crippen molar-refractivity contribution >= 4 is 33.2 Å². The lowest BCUT2D eigenvalue weighted by Gasteiger charge is -2.24. The number of ether oxygens (including phenoxy) is 2. The van der Waals surface area contributed by atoms with Crippen LogP contribution in [0.1, 0.15) is 11.1 Å². The first-order chi connectivity index (χ1) is 16.2. The van der Waals surface area contributed by atoms with E-state index in [4.69, 9.17) is 21.1 Å². The van der Waals surface area contributed by atoms with Crippen molar-refractivity contribution in [3.05, 3.63) is 82.9 Å². The molecule has 34 heavy (non-hydrogen) atoms. The summed E-state index contributed by atoms with van der Waals surface area (Å²) in [5, 5.41) is 3.18. The van der Waals surface area contributed by atoms with Crippen LogP contribution in [0.5, 0.6) is 11.5 Å². The van der Waals surface area contributed by atoms with Crippen molar-refractivity contribution in [1.29, 1.82) is 0 Å². The van der Waals surface area contributed by atoms with E-state index < -0.39 is 22.5 Å². The van der Waals surface area contributed by atoms with Gasteiger partial charge < -0.3 is 14.8 Å². The molecule has 7 nitrogen and oxygen atoms in total. The van der Waals surface area contributed by atoms with Crippen LogP contribution in [-0.2, 0) is 14.8 Å². The third-order valence-corrected chi connectivity index (χ3v) is 7.33. The molecule has 0 bridgehead atoms. The van der Waals surface area contributed by atoms with Gasteiger partial charge in [-0.3, -0.25) is 9.10 Å². The molecule has 1 amide bonds. The van der Waals surface area contributed by atoms with Crippen LogP contribution in [-0.4, -0.2) is 41.1 Å². The zero-order valence-corrected chi connectivity index (χ0v) is 20.8. The highest BCUT2D eigenvalue weighted by atomic mass is 35.5. The lowest BCUT2D eigenvalue weighted by Crippen LogP contribution is -2.41. The zero-order chi connectivity index (χ0) is 24.7. The molecule has 9 heteroatoms. The van der Waals surface area contributed by atoms with Crippen molar-refractivity contribution in [1.82, 2.24) is 5.32 Å². The number of sulfonamides is 1. The second-order valence-corrected chi connectivity index (χ2v) is 9.86. The third kappa shape index (κ3) is 6.21. The molecule has 0 saturated carbocycles. The number of aryl methyl sites for hydroxylation is 1. The van der Waals surface area contributed by atoms with Crippen LogP contribution < -0.4 is 19.1 Å². The second-order valence-electron chi connectivity index (χ2n) is 7.56. The number of carbonyl (C=O) groups is 1. The van der Waals surface area contributed by atoms with Gasteiger partial charge in [-0.25, -0.2) is 8.42 Å². The summed E-state index contributed by atoms with van der Waals surface area (Å²) in [7, 11) is -2.53. The topological polar surface area (TPSA) is 84.9 Å². The van der Waals surface area contributed by atoms with Gasteiger partial charge in [0.2, 0.25) is 5.91 Å². The standard InChI is InChI=1S/C25H27ClN2O5S/c1-18-5-4-6-24(19(18)2)33-16-15-27-25(29)17-28(21-9-7-20(26)8-10-21)34(30,31)23-13-11-22(32-3)12-14-23/h4-14H,15-17H2,1-3H3,(H,27,29). The summed E-state index contributed by atoms with van der Waals surface area (Å²) >= 11 is 5.97. The normalized spacial score (nSPS) is 11.1. The molecule has 0 atom stereocenters. The first kappa shape index (κ1) is 25.4. The van der Waals surface area contributed by atoms with E-state index in [-0.39, 0.29) is 18.0 Å². The highest BCUT2D eigenvalue weighted by molar-refractivity contribution is 7.92. The number of benzene rings is 3. The lowest BCUT2D eigenvalue weighted by atomic mass is 10.1. The molecule has 0 heterocycles. The Morgan fingerprint density at radius 1 is 1.00 bits per heavy atom. The Balaban J connectivity index is 1.71. The molecule has 3 rings (SSSR count). The lowest BCUT2D eigenvalue weighted by molar-refractivity contribution is -0.119. The van der Waals surface area contributed by atoms with Crippen molar-refractivity contribution in [2.24, 2.45) is 0 Å². The summed E-state index contributed by atoms with van der Waals surface area (Å²) in [5.74, 6) is 0.814. The molecule has 0 aliphatic heterocycles. The smallest absolute Gasteiger partial charge is 0.264 e. The van der Waals surface area contributed by atoms with Gasteiger partial charge in [-0.15, -0.1) is 0 Å². The number of amides is 1. The Kier molecular flexibility index (Phi) is 8.41. The maximum absolute atomic E-state index is 13.4. The van der Waals surface area contributed by atoms with Gasteiger partial charge in [0.15, 0.2) is 0 Å². The fraction of sp³-hybridized carbons (Fsp3) is 0.240. The zero-order valence-electron chi connectivity index (χ0n) is 19.2. The average molecular weight is 503 g/mol. The number of carbonyl (C=O) groups excluding carboxylic acids is 1. The average Bonchev–Trinajstić information content (AvgIpc) is 2.83. The van der Waals surface area contributed by atoms with Crippen LogP contribution in [0.2, 0.25) is 5.02 Å². The Morgan fingerprint density at radius 2 is 1.68 bits per heavy atom. The second kappa shape index (κ2) is 11.3. The van der Waals surface area contributed by atoms with Crippen molar-refractivity contribution in [2.45, 2.75) is 18.7 Å². The predicted octanol–water partition coefficient (Wildman–Crippen LogP) is 4.36. The minimum atomic E-state index is -4.03. The molecular weight excluding hydrogens is 476 g/mol. The van der Waals surface area contributed by atoms with Crippen molar-refractivity contribution in [3.63, 3.8) is 0 Å².